The smallest absolute Gasteiger partial charge is 0.321 e. The molecule has 1 atom stereocenters. The predicted octanol–water partition coefficient (Wildman–Crippen LogP) is 3.25. The lowest BCUT2D eigenvalue weighted by atomic mass is 10.1. The van der Waals surface area contributed by atoms with E-state index in [4.69, 9.17) is 21.4 Å². The number of nitrogens with zero attached hydrogens (tertiary/aromatic N) is 2. The van der Waals surface area contributed by atoms with Gasteiger partial charge in [-0.3, -0.25) is 9.78 Å². The quantitative estimate of drug-likeness (QED) is 0.836. The third kappa shape index (κ3) is 4.43. The average Bonchev–Trinajstić information content (AvgIpc) is 3.12. The molecule has 0 bridgehead atoms. The Balaban J connectivity index is 1.57. The lowest BCUT2D eigenvalue weighted by molar-refractivity contribution is -0.141. The number of aromatic nitrogens is 1. The summed E-state index contributed by atoms with van der Waals surface area (Å²) in [7, 11) is 0. The number of pyridine rings is 1. The Kier molecular flexibility index (Phi) is 5.58. The fraction of sp³-hybridized carbons (Fsp3) is 0.278. The Hall–Kier alpha value is -2.80. The molecule has 3 rings (SSSR count). The Morgan fingerprint density at radius 2 is 2.19 bits per heavy atom. The maximum Gasteiger partial charge on any atom is 0.321 e. The number of hydrogen-bond acceptors (Lipinski definition) is 4. The van der Waals surface area contributed by atoms with Crippen LogP contribution in [0.5, 0.6) is 5.75 Å². The molecule has 0 spiro atoms. The number of amides is 2. The lowest BCUT2D eigenvalue weighted by Crippen LogP contribution is -2.33. The molecule has 136 valence electrons. The molecule has 1 aromatic carbocycles. The van der Waals surface area contributed by atoms with E-state index in [9.17, 15) is 9.59 Å². The first kappa shape index (κ1) is 18.0. The van der Waals surface area contributed by atoms with Crippen molar-refractivity contribution >= 4 is 29.3 Å². The number of anilines is 1. The third-order valence-corrected chi connectivity index (χ3v) is 4.40. The van der Waals surface area contributed by atoms with Crippen molar-refractivity contribution < 1.29 is 19.4 Å². The van der Waals surface area contributed by atoms with Crippen LogP contribution in [-0.2, 0) is 11.4 Å². The van der Waals surface area contributed by atoms with Gasteiger partial charge in [0.05, 0.1) is 16.6 Å². The highest BCUT2D eigenvalue weighted by Crippen LogP contribution is 2.28. The molecule has 1 unspecified atom stereocenters. The third-order valence-electron chi connectivity index (χ3n) is 4.11. The number of likely N-dealkylation sites (tertiary alicyclic amines) is 1. The maximum atomic E-state index is 12.2. The van der Waals surface area contributed by atoms with E-state index in [1.165, 1.54) is 4.90 Å². The fourth-order valence-electron chi connectivity index (χ4n) is 2.68. The van der Waals surface area contributed by atoms with Gasteiger partial charge in [-0.15, -0.1) is 0 Å². The fourth-order valence-corrected chi connectivity index (χ4v) is 2.91. The van der Waals surface area contributed by atoms with Crippen molar-refractivity contribution in [2.24, 2.45) is 5.92 Å². The number of carboxylic acid groups (broad SMARTS) is 1. The Bertz CT molecular complexity index is 800. The van der Waals surface area contributed by atoms with Crippen LogP contribution in [-0.4, -0.2) is 40.1 Å². The van der Waals surface area contributed by atoms with E-state index < -0.39 is 11.9 Å². The number of benzene rings is 1. The highest BCUT2D eigenvalue weighted by molar-refractivity contribution is 6.32. The summed E-state index contributed by atoms with van der Waals surface area (Å²) in [4.78, 5) is 28.9. The summed E-state index contributed by atoms with van der Waals surface area (Å²) in [6.45, 7) is 0.915. The van der Waals surface area contributed by atoms with Gasteiger partial charge in [-0.25, -0.2) is 4.79 Å². The monoisotopic (exact) mass is 375 g/mol. The summed E-state index contributed by atoms with van der Waals surface area (Å²) < 4.78 is 5.64. The number of hydrogen-bond donors (Lipinski definition) is 2. The van der Waals surface area contributed by atoms with Gasteiger partial charge in [0.2, 0.25) is 0 Å². The zero-order chi connectivity index (χ0) is 18.5. The van der Waals surface area contributed by atoms with Crippen LogP contribution < -0.4 is 10.1 Å². The number of carbonyl (C=O) groups excluding carboxylic acids is 1. The topological polar surface area (TPSA) is 91.8 Å². The average molecular weight is 376 g/mol. The molecule has 1 aromatic heterocycles. The molecule has 26 heavy (non-hydrogen) atoms. The van der Waals surface area contributed by atoms with Crippen LogP contribution in [0.15, 0.2) is 42.6 Å². The minimum absolute atomic E-state index is 0.209. The van der Waals surface area contributed by atoms with Gasteiger partial charge in [-0.1, -0.05) is 17.7 Å². The first-order valence-corrected chi connectivity index (χ1v) is 8.51. The van der Waals surface area contributed by atoms with Crippen molar-refractivity contribution in [3.63, 3.8) is 0 Å². The van der Waals surface area contributed by atoms with Gasteiger partial charge in [-0.05, 0) is 36.8 Å². The number of rotatable bonds is 5. The summed E-state index contributed by atoms with van der Waals surface area (Å²) in [5.74, 6) is -0.896. The van der Waals surface area contributed by atoms with Gasteiger partial charge in [-0.2, -0.15) is 0 Å². The molecule has 0 saturated carbocycles. The zero-order valence-electron chi connectivity index (χ0n) is 13.9. The molecule has 2 aromatic rings. The van der Waals surface area contributed by atoms with Crippen LogP contribution in [0.4, 0.5) is 10.5 Å². The number of carboxylic acids is 1. The van der Waals surface area contributed by atoms with Crippen molar-refractivity contribution in [1.82, 2.24) is 9.88 Å². The molecule has 8 heteroatoms. The highest BCUT2D eigenvalue weighted by Gasteiger charge is 2.30. The van der Waals surface area contributed by atoms with Gasteiger partial charge in [0.15, 0.2) is 0 Å². The Morgan fingerprint density at radius 1 is 1.35 bits per heavy atom. The number of halogens is 1. The minimum atomic E-state index is -0.877. The van der Waals surface area contributed by atoms with Crippen LogP contribution in [0.25, 0.3) is 0 Å². The van der Waals surface area contributed by atoms with E-state index in [0.29, 0.717) is 29.4 Å². The maximum absolute atomic E-state index is 12.2. The van der Waals surface area contributed by atoms with Crippen LogP contribution in [0, 0.1) is 5.92 Å². The van der Waals surface area contributed by atoms with Crippen molar-refractivity contribution in [3.05, 3.63) is 53.3 Å². The normalized spacial score (nSPS) is 16.3. The van der Waals surface area contributed by atoms with Gasteiger partial charge in [0.1, 0.15) is 12.4 Å². The van der Waals surface area contributed by atoms with Gasteiger partial charge < -0.3 is 20.1 Å². The molecule has 2 amide bonds. The van der Waals surface area contributed by atoms with E-state index in [1.54, 1.807) is 24.4 Å². The molecular weight excluding hydrogens is 358 g/mol. The summed E-state index contributed by atoms with van der Waals surface area (Å²) in [5, 5.41) is 12.1. The van der Waals surface area contributed by atoms with Crippen molar-refractivity contribution in [2.45, 2.75) is 13.0 Å². The minimum Gasteiger partial charge on any atom is -0.486 e. The second kappa shape index (κ2) is 8.05. The standard InChI is InChI=1S/C18H18ClN3O4/c19-15-9-13(21-18(25)22-8-6-12(10-22)17(23)24)4-5-16(15)26-11-14-3-1-2-7-20-14/h1-5,7,9,12H,6,8,10-11H2,(H,21,25)(H,23,24). The first-order chi connectivity index (χ1) is 12.5. The highest BCUT2D eigenvalue weighted by atomic mass is 35.5. The van der Waals surface area contributed by atoms with E-state index in [-0.39, 0.29) is 19.2 Å². The van der Waals surface area contributed by atoms with Gasteiger partial charge >= 0.3 is 12.0 Å². The summed E-state index contributed by atoms with van der Waals surface area (Å²) in [6, 6.07) is 10.2. The SMILES string of the molecule is O=C(O)C1CCN(C(=O)Nc2ccc(OCc3ccccn3)c(Cl)c2)C1. The Morgan fingerprint density at radius 3 is 2.85 bits per heavy atom. The number of urea groups is 1. The number of ether oxygens (including phenoxy) is 1. The number of nitrogens with one attached hydrogen (secondary N) is 1. The zero-order valence-corrected chi connectivity index (χ0v) is 14.6. The molecule has 1 saturated heterocycles. The molecule has 2 heterocycles. The predicted molar refractivity (Wildman–Crippen MR) is 96.4 cm³/mol. The lowest BCUT2D eigenvalue weighted by Gasteiger charge is -2.17. The molecule has 7 nitrogen and oxygen atoms in total. The second-order valence-electron chi connectivity index (χ2n) is 5.95. The Labute approximate surface area is 155 Å². The number of carbonyl (C=O) groups is 2. The van der Waals surface area contributed by atoms with Crippen LogP contribution >= 0.6 is 11.6 Å². The van der Waals surface area contributed by atoms with E-state index >= 15 is 0 Å². The van der Waals surface area contributed by atoms with Crippen molar-refractivity contribution in [3.8, 4) is 5.75 Å². The molecule has 0 aliphatic carbocycles. The summed E-state index contributed by atoms with van der Waals surface area (Å²) in [6.07, 6.45) is 2.15. The van der Waals surface area contributed by atoms with E-state index in [2.05, 4.69) is 10.3 Å². The first-order valence-electron chi connectivity index (χ1n) is 8.14. The molecule has 1 fully saturated rings. The van der Waals surface area contributed by atoms with Crippen molar-refractivity contribution in [1.29, 1.82) is 0 Å². The van der Waals surface area contributed by atoms with E-state index in [0.717, 1.165) is 5.69 Å². The van der Waals surface area contributed by atoms with E-state index in [1.807, 2.05) is 18.2 Å². The van der Waals surface area contributed by atoms with Crippen LogP contribution in [0.2, 0.25) is 5.02 Å². The summed E-state index contributed by atoms with van der Waals surface area (Å²) in [5.41, 5.74) is 1.30. The molecule has 0 radical (unpaired) electrons. The molecule has 1 aliphatic rings. The largest absolute Gasteiger partial charge is 0.486 e. The van der Waals surface area contributed by atoms with Crippen LogP contribution in [0.3, 0.4) is 0 Å². The number of aliphatic carboxylic acids is 1. The second-order valence-corrected chi connectivity index (χ2v) is 6.36. The van der Waals surface area contributed by atoms with Gasteiger partial charge in [0, 0.05) is 25.0 Å². The molecule has 1 aliphatic heterocycles. The van der Waals surface area contributed by atoms with Crippen LogP contribution in [0.1, 0.15) is 12.1 Å². The summed E-state index contributed by atoms with van der Waals surface area (Å²) >= 11 is 6.22. The molecular formula is C18H18ClN3O4. The van der Waals surface area contributed by atoms with Gasteiger partial charge in [0.25, 0.3) is 0 Å². The van der Waals surface area contributed by atoms with Crippen molar-refractivity contribution in [2.75, 3.05) is 18.4 Å². The molecule has 2 N–H and O–H groups in total.